The zero-order chi connectivity index (χ0) is 14.0. The van der Waals surface area contributed by atoms with Gasteiger partial charge in [-0.05, 0) is 73.4 Å². The summed E-state index contributed by atoms with van der Waals surface area (Å²) < 4.78 is 0. The monoisotopic (exact) mass is 271 g/mol. The van der Waals surface area contributed by atoms with Crippen molar-refractivity contribution in [3.8, 4) is 0 Å². The molecule has 20 heavy (non-hydrogen) atoms. The first-order valence-corrected chi connectivity index (χ1v) is 8.45. The van der Waals surface area contributed by atoms with Crippen LogP contribution in [0.5, 0.6) is 0 Å². The fourth-order valence-electron chi connectivity index (χ4n) is 3.94. The number of hydrogen-bond acceptors (Lipinski definition) is 1. The SMILES string of the molecule is CC1(C)CCC(c2cccc(C3CCCNC3)c2)CC1. The standard InChI is InChI=1S/C19H29N/c1-19(2)10-8-15(9-11-19)16-5-3-6-17(13-16)18-7-4-12-20-14-18/h3,5-6,13,15,18,20H,4,7-12,14H2,1-2H3. The largest absolute Gasteiger partial charge is 0.316 e. The Morgan fingerprint density at radius 1 is 1.00 bits per heavy atom. The van der Waals surface area contributed by atoms with Gasteiger partial charge in [-0.1, -0.05) is 38.1 Å². The van der Waals surface area contributed by atoms with Gasteiger partial charge in [0.15, 0.2) is 0 Å². The molecule has 1 atom stereocenters. The van der Waals surface area contributed by atoms with Crippen LogP contribution in [0.25, 0.3) is 0 Å². The molecule has 2 aliphatic rings. The summed E-state index contributed by atoms with van der Waals surface area (Å²) >= 11 is 0. The van der Waals surface area contributed by atoms with Gasteiger partial charge in [0.05, 0.1) is 0 Å². The van der Waals surface area contributed by atoms with E-state index in [4.69, 9.17) is 0 Å². The average molecular weight is 271 g/mol. The van der Waals surface area contributed by atoms with Gasteiger partial charge in [-0.2, -0.15) is 0 Å². The van der Waals surface area contributed by atoms with Gasteiger partial charge in [0, 0.05) is 6.54 Å². The first-order valence-electron chi connectivity index (χ1n) is 8.45. The number of piperidine rings is 1. The second kappa shape index (κ2) is 5.89. The Bertz CT molecular complexity index is 433. The van der Waals surface area contributed by atoms with Crippen LogP contribution in [0.15, 0.2) is 24.3 Å². The second-order valence-electron chi connectivity index (χ2n) is 7.65. The lowest BCUT2D eigenvalue weighted by molar-refractivity contribution is 0.224. The topological polar surface area (TPSA) is 12.0 Å². The third-order valence-corrected chi connectivity index (χ3v) is 5.49. The predicted molar refractivity (Wildman–Crippen MR) is 86.3 cm³/mol. The van der Waals surface area contributed by atoms with Gasteiger partial charge in [-0.25, -0.2) is 0 Å². The normalized spacial score (nSPS) is 27.4. The first-order chi connectivity index (χ1) is 9.64. The molecule has 110 valence electrons. The van der Waals surface area contributed by atoms with Crippen molar-refractivity contribution in [3.63, 3.8) is 0 Å². The Morgan fingerprint density at radius 2 is 1.70 bits per heavy atom. The van der Waals surface area contributed by atoms with Crippen LogP contribution in [-0.2, 0) is 0 Å². The van der Waals surface area contributed by atoms with E-state index in [1.807, 2.05) is 0 Å². The molecule has 0 amide bonds. The molecule has 2 fully saturated rings. The van der Waals surface area contributed by atoms with E-state index in [0.717, 1.165) is 11.8 Å². The summed E-state index contributed by atoms with van der Waals surface area (Å²) in [4.78, 5) is 0. The third kappa shape index (κ3) is 3.25. The highest BCUT2D eigenvalue weighted by Crippen LogP contribution is 2.42. The van der Waals surface area contributed by atoms with E-state index in [1.165, 1.54) is 51.6 Å². The van der Waals surface area contributed by atoms with Crippen molar-refractivity contribution in [3.05, 3.63) is 35.4 Å². The molecular weight excluding hydrogens is 242 g/mol. The van der Waals surface area contributed by atoms with Gasteiger partial charge in [-0.15, -0.1) is 0 Å². The van der Waals surface area contributed by atoms with Crippen molar-refractivity contribution in [2.75, 3.05) is 13.1 Å². The smallest absolute Gasteiger partial charge is 0.00201 e. The molecule has 3 rings (SSSR count). The van der Waals surface area contributed by atoms with Gasteiger partial charge >= 0.3 is 0 Å². The van der Waals surface area contributed by atoms with E-state index in [1.54, 1.807) is 11.1 Å². The summed E-state index contributed by atoms with van der Waals surface area (Å²) in [5, 5.41) is 3.54. The van der Waals surface area contributed by atoms with Crippen LogP contribution in [0.1, 0.15) is 75.3 Å². The summed E-state index contributed by atoms with van der Waals surface area (Å²) in [6, 6.07) is 9.51. The lowest BCUT2D eigenvalue weighted by Gasteiger charge is -2.35. The molecule has 1 unspecified atom stereocenters. The molecule has 0 aromatic heterocycles. The van der Waals surface area contributed by atoms with E-state index >= 15 is 0 Å². The van der Waals surface area contributed by atoms with Crippen LogP contribution < -0.4 is 5.32 Å². The number of hydrogen-bond donors (Lipinski definition) is 1. The lowest BCUT2D eigenvalue weighted by atomic mass is 9.71. The van der Waals surface area contributed by atoms with E-state index in [-0.39, 0.29) is 0 Å². The molecule has 1 aliphatic heterocycles. The highest BCUT2D eigenvalue weighted by atomic mass is 14.9. The minimum absolute atomic E-state index is 0.571. The zero-order valence-electron chi connectivity index (χ0n) is 13.1. The number of benzene rings is 1. The summed E-state index contributed by atoms with van der Waals surface area (Å²) in [5.41, 5.74) is 3.74. The molecule has 1 aromatic carbocycles. The molecular formula is C19H29N. The molecule has 0 radical (unpaired) electrons. The number of nitrogens with one attached hydrogen (secondary N) is 1. The highest BCUT2D eigenvalue weighted by molar-refractivity contribution is 5.30. The van der Waals surface area contributed by atoms with Gasteiger partial charge in [0.2, 0.25) is 0 Å². The fraction of sp³-hybridized carbons (Fsp3) is 0.684. The summed E-state index contributed by atoms with van der Waals surface area (Å²) in [5.74, 6) is 1.54. The molecule has 1 N–H and O–H groups in total. The van der Waals surface area contributed by atoms with Crippen LogP contribution in [-0.4, -0.2) is 13.1 Å². The van der Waals surface area contributed by atoms with Crippen LogP contribution >= 0.6 is 0 Å². The Labute approximate surface area is 124 Å². The van der Waals surface area contributed by atoms with Crippen molar-refractivity contribution in [1.82, 2.24) is 5.32 Å². The van der Waals surface area contributed by atoms with Crippen molar-refractivity contribution in [1.29, 1.82) is 0 Å². The van der Waals surface area contributed by atoms with E-state index in [2.05, 4.69) is 43.4 Å². The van der Waals surface area contributed by atoms with E-state index in [9.17, 15) is 0 Å². The second-order valence-corrected chi connectivity index (χ2v) is 7.65. The highest BCUT2D eigenvalue weighted by Gasteiger charge is 2.27. The molecule has 1 aliphatic carbocycles. The molecule has 0 bridgehead atoms. The van der Waals surface area contributed by atoms with Gasteiger partial charge in [0.1, 0.15) is 0 Å². The maximum absolute atomic E-state index is 3.54. The quantitative estimate of drug-likeness (QED) is 0.811. The van der Waals surface area contributed by atoms with Gasteiger partial charge in [0.25, 0.3) is 0 Å². The van der Waals surface area contributed by atoms with E-state index < -0.39 is 0 Å². The summed E-state index contributed by atoms with van der Waals surface area (Å²) in [6.45, 7) is 7.22. The predicted octanol–water partition coefficient (Wildman–Crippen LogP) is 4.84. The van der Waals surface area contributed by atoms with Crippen molar-refractivity contribution < 1.29 is 0 Å². The van der Waals surface area contributed by atoms with Gasteiger partial charge in [-0.3, -0.25) is 0 Å². The van der Waals surface area contributed by atoms with Crippen LogP contribution in [0.4, 0.5) is 0 Å². The van der Waals surface area contributed by atoms with Crippen molar-refractivity contribution >= 4 is 0 Å². The van der Waals surface area contributed by atoms with E-state index in [0.29, 0.717) is 5.41 Å². The fourth-order valence-corrected chi connectivity index (χ4v) is 3.94. The lowest BCUT2D eigenvalue weighted by Crippen LogP contribution is -2.28. The molecule has 1 heteroatoms. The maximum Gasteiger partial charge on any atom is 0.00201 e. The Kier molecular flexibility index (Phi) is 4.16. The third-order valence-electron chi connectivity index (χ3n) is 5.49. The zero-order valence-corrected chi connectivity index (χ0v) is 13.1. The Hall–Kier alpha value is -0.820. The minimum Gasteiger partial charge on any atom is -0.316 e. The first kappa shape index (κ1) is 14.1. The molecule has 1 saturated carbocycles. The summed E-state index contributed by atoms with van der Waals surface area (Å²) in [6.07, 6.45) is 8.19. The molecule has 1 saturated heterocycles. The number of rotatable bonds is 2. The van der Waals surface area contributed by atoms with Gasteiger partial charge < -0.3 is 5.32 Å². The molecule has 1 aromatic rings. The maximum atomic E-state index is 3.54. The van der Waals surface area contributed by atoms with Crippen molar-refractivity contribution in [2.24, 2.45) is 5.41 Å². The molecule has 1 heterocycles. The Morgan fingerprint density at radius 3 is 2.35 bits per heavy atom. The molecule has 0 spiro atoms. The Balaban J connectivity index is 1.71. The van der Waals surface area contributed by atoms with Crippen molar-refractivity contribution in [2.45, 2.75) is 64.2 Å². The van der Waals surface area contributed by atoms with Crippen LogP contribution in [0, 0.1) is 5.41 Å². The van der Waals surface area contributed by atoms with Crippen LogP contribution in [0.3, 0.4) is 0 Å². The average Bonchev–Trinajstić information content (AvgIpc) is 2.48. The van der Waals surface area contributed by atoms with Crippen LogP contribution in [0.2, 0.25) is 0 Å². The summed E-state index contributed by atoms with van der Waals surface area (Å²) in [7, 11) is 0. The molecule has 1 nitrogen and oxygen atoms in total. The minimum atomic E-state index is 0.571.